The molecular formula is C12H12N4O. The molecule has 5 nitrogen and oxygen atoms in total. The molecule has 0 saturated heterocycles. The Bertz CT molecular complexity index is 591. The van der Waals surface area contributed by atoms with Crippen LogP contribution in [0.4, 0.5) is 0 Å². The van der Waals surface area contributed by atoms with Crippen LogP contribution in [0.5, 0.6) is 0 Å². The van der Waals surface area contributed by atoms with Gasteiger partial charge in [-0.2, -0.15) is 0 Å². The Hall–Kier alpha value is -2.01. The molecule has 2 aromatic heterocycles. The summed E-state index contributed by atoms with van der Waals surface area (Å²) in [5.41, 5.74) is 2.45. The van der Waals surface area contributed by atoms with Crippen molar-refractivity contribution in [3.63, 3.8) is 0 Å². The van der Waals surface area contributed by atoms with Crippen LogP contribution >= 0.6 is 0 Å². The van der Waals surface area contributed by atoms with E-state index in [0.29, 0.717) is 12.4 Å². The molecule has 3 heterocycles. The maximum absolute atomic E-state index is 11.9. The fraction of sp³-hybridized carbons (Fsp3) is 0.250. The molecule has 0 amide bonds. The number of H-pyrrole nitrogens is 1. The summed E-state index contributed by atoms with van der Waals surface area (Å²) >= 11 is 0. The van der Waals surface area contributed by atoms with Crippen molar-refractivity contribution in [3.8, 4) is 11.4 Å². The number of hydrogen-bond acceptors (Lipinski definition) is 4. The van der Waals surface area contributed by atoms with Gasteiger partial charge in [0.1, 0.15) is 5.82 Å². The SMILES string of the molecule is O=c1[nH]c(-c2cccnc2)nc2c1CCNC2. The smallest absolute Gasteiger partial charge is 0.254 e. The highest BCUT2D eigenvalue weighted by molar-refractivity contribution is 5.53. The second kappa shape index (κ2) is 4.10. The van der Waals surface area contributed by atoms with E-state index in [1.165, 1.54) is 0 Å². The topological polar surface area (TPSA) is 70.7 Å². The second-order valence-electron chi connectivity index (χ2n) is 4.01. The zero-order chi connectivity index (χ0) is 11.7. The van der Waals surface area contributed by atoms with Crippen molar-refractivity contribution in [2.75, 3.05) is 6.54 Å². The largest absolute Gasteiger partial charge is 0.311 e. The molecule has 86 valence electrons. The molecule has 3 rings (SSSR count). The minimum absolute atomic E-state index is 0.0321. The van der Waals surface area contributed by atoms with Gasteiger partial charge in [0.25, 0.3) is 5.56 Å². The highest BCUT2D eigenvalue weighted by atomic mass is 16.1. The van der Waals surface area contributed by atoms with Crippen LogP contribution < -0.4 is 10.9 Å². The van der Waals surface area contributed by atoms with Crippen LogP contribution in [0, 0.1) is 0 Å². The van der Waals surface area contributed by atoms with Crippen LogP contribution in [-0.4, -0.2) is 21.5 Å². The zero-order valence-electron chi connectivity index (χ0n) is 9.23. The van der Waals surface area contributed by atoms with Gasteiger partial charge in [-0.3, -0.25) is 9.78 Å². The van der Waals surface area contributed by atoms with Crippen LogP contribution in [-0.2, 0) is 13.0 Å². The van der Waals surface area contributed by atoms with E-state index in [2.05, 4.69) is 20.3 Å². The van der Waals surface area contributed by atoms with Crippen molar-refractivity contribution in [2.45, 2.75) is 13.0 Å². The number of hydrogen-bond donors (Lipinski definition) is 2. The Labute approximate surface area is 97.9 Å². The van der Waals surface area contributed by atoms with E-state index in [-0.39, 0.29) is 5.56 Å². The first kappa shape index (κ1) is 10.2. The van der Waals surface area contributed by atoms with Crippen LogP contribution in [0.3, 0.4) is 0 Å². The van der Waals surface area contributed by atoms with Crippen LogP contribution in [0.1, 0.15) is 11.3 Å². The Morgan fingerprint density at radius 1 is 1.35 bits per heavy atom. The predicted octanol–water partition coefficient (Wildman–Crippen LogP) is 0.478. The summed E-state index contributed by atoms with van der Waals surface area (Å²) in [4.78, 5) is 23.2. The summed E-state index contributed by atoms with van der Waals surface area (Å²) in [6.07, 6.45) is 4.13. The molecule has 0 unspecified atom stereocenters. The quantitative estimate of drug-likeness (QED) is 0.744. The lowest BCUT2D eigenvalue weighted by Gasteiger charge is -2.15. The second-order valence-corrected chi connectivity index (χ2v) is 4.01. The Morgan fingerprint density at radius 2 is 2.29 bits per heavy atom. The predicted molar refractivity (Wildman–Crippen MR) is 63.5 cm³/mol. The monoisotopic (exact) mass is 228 g/mol. The minimum Gasteiger partial charge on any atom is -0.311 e. The summed E-state index contributed by atoms with van der Waals surface area (Å²) in [7, 11) is 0. The molecule has 2 N–H and O–H groups in total. The normalized spacial score (nSPS) is 14.4. The highest BCUT2D eigenvalue weighted by Gasteiger charge is 2.15. The number of aromatic nitrogens is 3. The Morgan fingerprint density at radius 3 is 3.12 bits per heavy atom. The van der Waals surface area contributed by atoms with Crippen LogP contribution in [0.2, 0.25) is 0 Å². The maximum Gasteiger partial charge on any atom is 0.254 e. The number of pyridine rings is 1. The molecular weight excluding hydrogens is 216 g/mol. The number of fused-ring (bicyclic) bond motifs is 1. The van der Waals surface area contributed by atoms with Gasteiger partial charge in [0.15, 0.2) is 0 Å². The lowest BCUT2D eigenvalue weighted by molar-refractivity contribution is 0.619. The first-order valence-corrected chi connectivity index (χ1v) is 5.58. The first-order valence-electron chi connectivity index (χ1n) is 5.58. The summed E-state index contributed by atoms with van der Waals surface area (Å²) in [5, 5.41) is 3.22. The van der Waals surface area contributed by atoms with Gasteiger partial charge >= 0.3 is 0 Å². The van der Waals surface area contributed by atoms with Crippen molar-refractivity contribution in [1.82, 2.24) is 20.3 Å². The molecule has 5 heteroatoms. The number of rotatable bonds is 1. The van der Waals surface area contributed by atoms with Gasteiger partial charge in [0.2, 0.25) is 0 Å². The van der Waals surface area contributed by atoms with E-state index < -0.39 is 0 Å². The average molecular weight is 228 g/mol. The molecule has 0 bridgehead atoms. The van der Waals surface area contributed by atoms with Gasteiger partial charge in [-0.05, 0) is 25.1 Å². The lowest BCUT2D eigenvalue weighted by atomic mass is 10.1. The summed E-state index contributed by atoms with van der Waals surface area (Å²) in [6, 6.07) is 3.71. The standard InChI is InChI=1S/C12H12N4O/c17-12-9-3-5-14-7-10(9)15-11(16-12)8-2-1-4-13-6-8/h1-2,4,6,14H,3,5,7H2,(H,15,16,17). The molecule has 0 atom stereocenters. The fourth-order valence-corrected chi connectivity index (χ4v) is 2.01. The van der Waals surface area contributed by atoms with Gasteiger partial charge in [0.05, 0.1) is 5.69 Å². The summed E-state index contributed by atoms with van der Waals surface area (Å²) in [5.74, 6) is 0.588. The molecule has 0 fully saturated rings. The van der Waals surface area contributed by atoms with Crippen molar-refractivity contribution in [3.05, 3.63) is 46.1 Å². The molecule has 2 aromatic rings. The number of nitrogens with zero attached hydrogens (tertiary/aromatic N) is 2. The van der Waals surface area contributed by atoms with Crippen LogP contribution in [0.15, 0.2) is 29.3 Å². The number of nitrogens with one attached hydrogen (secondary N) is 2. The van der Waals surface area contributed by atoms with E-state index in [9.17, 15) is 4.79 Å². The van der Waals surface area contributed by atoms with E-state index in [1.807, 2.05) is 12.1 Å². The van der Waals surface area contributed by atoms with Crippen LogP contribution in [0.25, 0.3) is 11.4 Å². The Kier molecular flexibility index (Phi) is 2.45. The molecule has 1 aliphatic heterocycles. The van der Waals surface area contributed by atoms with Crippen molar-refractivity contribution in [1.29, 1.82) is 0 Å². The highest BCUT2D eigenvalue weighted by Crippen LogP contribution is 2.14. The molecule has 0 saturated carbocycles. The van der Waals surface area contributed by atoms with Gasteiger partial charge in [-0.25, -0.2) is 4.98 Å². The minimum atomic E-state index is -0.0321. The summed E-state index contributed by atoms with van der Waals surface area (Å²) in [6.45, 7) is 1.50. The third-order valence-electron chi connectivity index (χ3n) is 2.88. The average Bonchev–Trinajstić information content (AvgIpc) is 2.40. The van der Waals surface area contributed by atoms with Crippen molar-refractivity contribution >= 4 is 0 Å². The molecule has 0 spiro atoms. The third-order valence-corrected chi connectivity index (χ3v) is 2.88. The number of aromatic amines is 1. The molecule has 0 radical (unpaired) electrons. The van der Waals surface area contributed by atoms with Gasteiger partial charge in [-0.15, -0.1) is 0 Å². The van der Waals surface area contributed by atoms with Crippen molar-refractivity contribution in [2.24, 2.45) is 0 Å². The molecule has 17 heavy (non-hydrogen) atoms. The van der Waals surface area contributed by atoms with E-state index in [4.69, 9.17) is 0 Å². The lowest BCUT2D eigenvalue weighted by Crippen LogP contribution is -2.31. The van der Waals surface area contributed by atoms with Gasteiger partial charge < -0.3 is 10.3 Å². The van der Waals surface area contributed by atoms with E-state index in [1.54, 1.807) is 12.4 Å². The van der Waals surface area contributed by atoms with E-state index >= 15 is 0 Å². The molecule has 1 aliphatic rings. The van der Waals surface area contributed by atoms with E-state index in [0.717, 1.165) is 29.8 Å². The summed E-state index contributed by atoms with van der Waals surface area (Å²) < 4.78 is 0. The molecule has 0 aliphatic carbocycles. The zero-order valence-corrected chi connectivity index (χ0v) is 9.23. The first-order chi connectivity index (χ1) is 8.34. The molecule has 0 aromatic carbocycles. The van der Waals surface area contributed by atoms with Gasteiger partial charge in [-0.1, -0.05) is 0 Å². The third kappa shape index (κ3) is 1.85. The van der Waals surface area contributed by atoms with Gasteiger partial charge in [0, 0.05) is 30.1 Å². The maximum atomic E-state index is 11.9. The fourth-order valence-electron chi connectivity index (χ4n) is 2.01. The Balaban J connectivity index is 2.14. The van der Waals surface area contributed by atoms with Crippen molar-refractivity contribution < 1.29 is 0 Å².